The average molecular weight is 411 g/mol. The Hall–Kier alpha value is -3.68. The molecule has 1 aliphatic heterocycles. The number of likely N-dealkylation sites (N-methyl/N-ethyl adjacent to an activating group) is 1. The zero-order chi connectivity index (χ0) is 22.0. The molecule has 30 heavy (non-hydrogen) atoms. The Morgan fingerprint density at radius 3 is 2.00 bits per heavy atom. The number of carbonyl (C=O) groups excluding carboxylic acids is 4. The molecule has 0 saturated heterocycles. The summed E-state index contributed by atoms with van der Waals surface area (Å²) in [7, 11) is 1.79. The van der Waals surface area contributed by atoms with Crippen molar-refractivity contribution >= 4 is 29.4 Å². The second-order valence-corrected chi connectivity index (χ2v) is 6.96. The fraction of sp³-hybridized carbons (Fsp3) is 0.273. The third-order valence-corrected chi connectivity index (χ3v) is 4.54. The fourth-order valence-corrected chi connectivity index (χ4v) is 3.41. The lowest BCUT2D eigenvalue weighted by molar-refractivity contribution is -0.133. The highest BCUT2D eigenvalue weighted by molar-refractivity contribution is 6.10. The molecule has 0 N–H and O–H groups in total. The molecule has 2 aromatic carbocycles. The predicted octanol–water partition coefficient (Wildman–Crippen LogP) is 2.88. The molecule has 0 fully saturated rings. The number of hydrogen-bond donors (Lipinski definition) is 0. The van der Waals surface area contributed by atoms with Crippen LogP contribution in [0.25, 0.3) is 0 Å². The van der Waals surface area contributed by atoms with Crippen LogP contribution >= 0.6 is 0 Å². The summed E-state index contributed by atoms with van der Waals surface area (Å²) >= 11 is 0. The van der Waals surface area contributed by atoms with Crippen LogP contribution in [0, 0.1) is 0 Å². The van der Waals surface area contributed by atoms with Crippen LogP contribution in [0.2, 0.25) is 0 Å². The van der Waals surface area contributed by atoms with Crippen LogP contribution in [-0.2, 0) is 14.4 Å². The number of benzene rings is 2. The van der Waals surface area contributed by atoms with Crippen molar-refractivity contribution < 1.29 is 33.4 Å². The summed E-state index contributed by atoms with van der Waals surface area (Å²) in [6.45, 7) is 4.16. The van der Waals surface area contributed by atoms with E-state index in [9.17, 15) is 19.2 Å². The Morgan fingerprint density at radius 2 is 1.43 bits per heavy atom. The van der Waals surface area contributed by atoms with E-state index in [0.29, 0.717) is 18.0 Å². The van der Waals surface area contributed by atoms with E-state index in [4.69, 9.17) is 14.2 Å². The van der Waals surface area contributed by atoms with Gasteiger partial charge in [0.05, 0.1) is 17.2 Å². The van der Waals surface area contributed by atoms with Crippen molar-refractivity contribution in [3.63, 3.8) is 0 Å². The first kappa shape index (κ1) is 21.0. The number of fused-ring (bicyclic) bond motifs is 1. The van der Waals surface area contributed by atoms with E-state index < -0.39 is 23.8 Å². The number of esters is 3. The van der Waals surface area contributed by atoms with Gasteiger partial charge in [0.25, 0.3) is 0 Å². The number of hydrogen-bond acceptors (Lipinski definition) is 8. The Morgan fingerprint density at radius 1 is 0.867 bits per heavy atom. The Balaban J connectivity index is 2.02. The van der Waals surface area contributed by atoms with Crippen molar-refractivity contribution in [1.82, 2.24) is 0 Å². The zero-order valence-corrected chi connectivity index (χ0v) is 17.1. The maximum absolute atomic E-state index is 13.4. The van der Waals surface area contributed by atoms with Crippen molar-refractivity contribution in [2.75, 3.05) is 18.5 Å². The summed E-state index contributed by atoms with van der Waals surface area (Å²) in [5, 5.41) is 0. The molecule has 0 spiro atoms. The topological polar surface area (TPSA) is 99.2 Å². The summed E-state index contributed by atoms with van der Waals surface area (Å²) in [6, 6.07) is 9.62. The standard InChI is InChI=1S/C22H21NO7/c1-12(24)28-16-7-5-15(6-8-16)18-11-23(4)19-9-17(29-13(2)25)10-20(30-14(3)26)21(19)22(18)27/h5-10,18H,11H2,1-4H3. The predicted molar refractivity (Wildman–Crippen MR) is 107 cm³/mol. The molecule has 2 aromatic rings. The van der Waals surface area contributed by atoms with E-state index in [-0.39, 0.29) is 22.8 Å². The van der Waals surface area contributed by atoms with Crippen LogP contribution in [0.4, 0.5) is 5.69 Å². The van der Waals surface area contributed by atoms with Gasteiger partial charge in [-0.2, -0.15) is 0 Å². The zero-order valence-electron chi connectivity index (χ0n) is 17.1. The first-order chi connectivity index (χ1) is 14.2. The summed E-state index contributed by atoms with van der Waals surface area (Å²) in [4.78, 5) is 49.2. The molecule has 8 nitrogen and oxygen atoms in total. The Kier molecular flexibility index (Phi) is 5.86. The van der Waals surface area contributed by atoms with Crippen LogP contribution in [-0.4, -0.2) is 37.3 Å². The molecule has 156 valence electrons. The largest absolute Gasteiger partial charge is 0.427 e. The highest BCUT2D eigenvalue weighted by Crippen LogP contribution is 2.42. The lowest BCUT2D eigenvalue weighted by Crippen LogP contribution is -2.35. The highest BCUT2D eigenvalue weighted by Gasteiger charge is 2.35. The molecule has 8 heteroatoms. The third kappa shape index (κ3) is 4.48. The van der Waals surface area contributed by atoms with Gasteiger partial charge in [-0.3, -0.25) is 19.2 Å². The van der Waals surface area contributed by atoms with Crippen LogP contribution in [0.5, 0.6) is 17.2 Å². The van der Waals surface area contributed by atoms with Crippen molar-refractivity contribution in [2.45, 2.75) is 26.7 Å². The fourth-order valence-electron chi connectivity index (χ4n) is 3.41. The molecule has 0 bridgehead atoms. The minimum atomic E-state index is -0.597. The van der Waals surface area contributed by atoms with Gasteiger partial charge in [-0.25, -0.2) is 0 Å². The van der Waals surface area contributed by atoms with Crippen molar-refractivity contribution in [2.24, 2.45) is 0 Å². The van der Waals surface area contributed by atoms with Gasteiger partial charge in [-0.15, -0.1) is 0 Å². The SMILES string of the molecule is CC(=O)Oc1ccc(C2CN(C)c3cc(OC(C)=O)cc(OC(C)=O)c3C2=O)cc1. The second-order valence-electron chi connectivity index (χ2n) is 6.96. The van der Waals surface area contributed by atoms with Gasteiger partial charge >= 0.3 is 17.9 Å². The van der Waals surface area contributed by atoms with E-state index in [1.165, 1.54) is 26.8 Å². The monoisotopic (exact) mass is 411 g/mol. The molecule has 1 unspecified atom stereocenters. The Labute approximate surface area is 173 Å². The number of nitrogens with zero attached hydrogens (tertiary/aromatic N) is 1. The minimum absolute atomic E-state index is 0.0364. The summed E-state index contributed by atoms with van der Waals surface area (Å²) in [6.07, 6.45) is 0. The van der Waals surface area contributed by atoms with Gasteiger partial charge in [0.1, 0.15) is 17.2 Å². The van der Waals surface area contributed by atoms with Crippen LogP contribution in [0.3, 0.4) is 0 Å². The van der Waals surface area contributed by atoms with Crippen molar-refractivity contribution in [3.05, 3.63) is 47.5 Å². The molecule has 1 aliphatic rings. The van der Waals surface area contributed by atoms with Gasteiger partial charge in [-0.1, -0.05) is 12.1 Å². The maximum Gasteiger partial charge on any atom is 0.308 e. The molecule has 0 aromatic heterocycles. The first-order valence-electron chi connectivity index (χ1n) is 9.24. The summed E-state index contributed by atoms with van der Waals surface area (Å²) < 4.78 is 15.4. The highest BCUT2D eigenvalue weighted by atomic mass is 16.5. The van der Waals surface area contributed by atoms with Gasteiger partial charge < -0.3 is 19.1 Å². The van der Waals surface area contributed by atoms with Crippen LogP contribution < -0.4 is 19.1 Å². The van der Waals surface area contributed by atoms with E-state index >= 15 is 0 Å². The number of ether oxygens (including phenoxy) is 3. The summed E-state index contributed by atoms with van der Waals surface area (Å²) in [5.74, 6) is -1.71. The van der Waals surface area contributed by atoms with Gasteiger partial charge in [0.15, 0.2) is 5.78 Å². The minimum Gasteiger partial charge on any atom is -0.427 e. The van der Waals surface area contributed by atoms with E-state index in [2.05, 4.69) is 0 Å². The van der Waals surface area contributed by atoms with E-state index in [1.54, 1.807) is 37.4 Å². The molecule has 1 heterocycles. The van der Waals surface area contributed by atoms with Crippen LogP contribution in [0.15, 0.2) is 36.4 Å². The molecule has 0 aliphatic carbocycles. The summed E-state index contributed by atoms with van der Waals surface area (Å²) in [5.41, 5.74) is 1.47. The smallest absolute Gasteiger partial charge is 0.308 e. The lowest BCUT2D eigenvalue weighted by atomic mass is 9.85. The van der Waals surface area contributed by atoms with E-state index in [0.717, 1.165) is 5.56 Å². The first-order valence-corrected chi connectivity index (χ1v) is 9.24. The molecule has 3 rings (SSSR count). The van der Waals surface area contributed by atoms with Gasteiger partial charge in [0, 0.05) is 46.5 Å². The second kappa shape index (κ2) is 8.36. The number of anilines is 1. The van der Waals surface area contributed by atoms with Crippen LogP contribution in [0.1, 0.15) is 42.6 Å². The molecule has 1 atom stereocenters. The molecular formula is C22H21NO7. The van der Waals surface area contributed by atoms with Gasteiger partial charge in [0.2, 0.25) is 0 Å². The quantitative estimate of drug-likeness (QED) is 0.559. The lowest BCUT2D eigenvalue weighted by Gasteiger charge is -2.33. The number of carbonyl (C=O) groups is 4. The number of ketones is 1. The van der Waals surface area contributed by atoms with Gasteiger partial charge in [-0.05, 0) is 17.7 Å². The molecule has 0 saturated carbocycles. The van der Waals surface area contributed by atoms with Crippen molar-refractivity contribution in [1.29, 1.82) is 0 Å². The number of rotatable bonds is 4. The normalized spacial score (nSPS) is 15.3. The molecular weight excluding hydrogens is 390 g/mol. The third-order valence-electron chi connectivity index (χ3n) is 4.54. The Bertz CT molecular complexity index is 1030. The molecule has 0 amide bonds. The maximum atomic E-state index is 13.4. The van der Waals surface area contributed by atoms with E-state index in [1.807, 2.05) is 4.90 Å². The average Bonchev–Trinajstić information content (AvgIpc) is 2.63. The molecule has 0 radical (unpaired) electrons. The van der Waals surface area contributed by atoms with Crippen molar-refractivity contribution in [3.8, 4) is 17.2 Å². The number of Topliss-reactive ketones (excluding diaryl/α,β-unsaturated/α-hetero) is 1.